The third-order valence-electron chi connectivity index (χ3n) is 10.4. The number of aryl methyl sites for hydroxylation is 1. The number of nitrogens with zero attached hydrogens (tertiary/aromatic N) is 3. The lowest BCUT2D eigenvalue weighted by Crippen LogP contribution is -2.44. The number of carbonyl (C=O) groups excluding carboxylic acids is 1. The Hall–Kier alpha value is -3.65. The van der Waals surface area contributed by atoms with E-state index in [0.717, 1.165) is 48.2 Å². The predicted molar refractivity (Wildman–Crippen MR) is 191 cm³/mol. The van der Waals surface area contributed by atoms with Crippen molar-refractivity contribution in [3.05, 3.63) is 66.0 Å². The van der Waals surface area contributed by atoms with E-state index >= 15 is 0 Å². The number of aliphatic carboxylic acids is 1. The highest BCUT2D eigenvalue weighted by Gasteiger charge is 2.38. The van der Waals surface area contributed by atoms with Gasteiger partial charge in [0, 0.05) is 36.0 Å². The number of hydrogen-bond acceptors (Lipinski definition) is 5. The zero-order chi connectivity index (χ0) is 34.6. The molecular weight excluding hydrogens is 602 g/mol. The Morgan fingerprint density at radius 1 is 0.979 bits per heavy atom. The van der Waals surface area contributed by atoms with Gasteiger partial charge in [0.25, 0.3) is 0 Å². The summed E-state index contributed by atoms with van der Waals surface area (Å²) in [5.41, 5.74) is 5.07. The van der Waals surface area contributed by atoms with Crippen molar-refractivity contribution in [2.45, 2.75) is 117 Å². The van der Waals surface area contributed by atoms with Crippen molar-refractivity contribution in [1.82, 2.24) is 9.78 Å². The summed E-state index contributed by atoms with van der Waals surface area (Å²) in [7, 11) is 1.72. The van der Waals surface area contributed by atoms with Crippen molar-refractivity contribution < 1.29 is 24.2 Å². The molecule has 48 heavy (non-hydrogen) atoms. The highest BCUT2D eigenvalue weighted by molar-refractivity contribution is 5.95. The van der Waals surface area contributed by atoms with Gasteiger partial charge in [-0.1, -0.05) is 45.0 Å². The molecule has 2 aromatic carbocycles. The molecule has 0 bridgehead atoms. The number of carboxylic acid groups (broad SMARTS) is 1. The molecule has 0 saturated heterocycles. The SMILES string of the molecule is COc1ccc(C2CCC(CN(C(=O)C3CCC(OC(C(=O)O)C(C)(C)C)CC3)c3cccc(-c4cnn(C(C)C)c4)c3)CC2)cc1C. The van der Waals surface area contributed by atoms with E-state index in [2.05, 4.69) is 73.4 Å². The second-order valence-electron chi connectivity index (χ2n) is 15.4. The van der Waals surface area contributed by atoms with Crippen LogP contribution in [0.25, 0.3) is 11.1 Å². The fourth-order valence-corrected chi connectivity index (χ4v) is 7.53. The smallest absolute Gasteiger partial charge is 0.333 e. The largest absolute Gasteiger partial charge is 0.496 e. The van der Waals surface area contributed by atoms with Gasteiger partial charge in [-0.15, -0.1) is 0 Å². The number of amides is 1. The fourth-order valence-electron chi connectivity index (χ4n) is 7.53. The molecule has 0 aliphatic heterocycles. The first-order chi connectivity index (χ1) is 22.8. The maximum atomic E-state index is 14.5. The molecule has 0 radical (unpaired) electrons. The highest BCUT2D eigenvalue weighted by Crippen LogP contribution is 2.39. The lowest BCUT2D eigenvalue weighted by Gasteiger charge is -2.37. The number of ether oxygens (including phenoxy) is 2. The Labute approximate surface area is 286 Å². The Morgan fingerprint density at radius 3 is 2.27 bits per heavy atom. The maximum absolute atomic E-state index is 14.5. The molecule has 1 atom stereocenters. The third-order valence-corrected chi connectivity index (χ3v) is 10.4. The number of carboxylic acids is 1. The number of benzene rings is 2. The van der Waals surface area contributed by atoms with Crippen LogP contribution in [0.15, 0.2) is 54.9 Å². The predicted octanol–water partition coefficient (Wildman–Crippen LogP) is 8.83. The Bertz CT molecular complexity index is 1540. The lowest BCUT2D eigenvalue weighted by atomic mass is 9.78. The molecule has 2 fully saturated rings. The Kier molecular flexibility index (Phi) is 11.3. The van der Waals surface area contributed by atoms with Gasteiger partial charge in [0.05, 0.1) is 19.4 Å². The van der Waals surface area contributed by atoms with E-state index < -0.39 is 17.5 Å². The number of methoxy groups -OCH3 is 1. The molecule has 8 nitrogen and oxygen atoms in total. The van der Waals surface area contributed by atoms with Crippen LogP contribution in [0.2, 0.25) is 0 Å². The van der Waals surface area contributed by atoms with Crippen molar-refractivity contribution in [2.24, 2.45) is 17.3 Å². The summed E-state index contributed by atoms with van der Waals surface area (Å²) in [6.45, 7) is 12.7. The standard InChI is InChI=1S/C40H55N3O5/c1-26(2)43-25-33(23-41-43)31-9-8-10-34(22-31)42(24-28-11-13-29(14-12-28)32-17-20-36(47-7)27(3)21-32)38(44)30-15-18-35(19-16-30)48-37(39(45)46)40(4,5)6/h8-10,17,20-23,25-26,28-30,35,37H,11-16,18-19,24H2,1-7H3,(H,45,46). The van der Waals surface area contributed by atoms with Crippen LogP contribution in [0.3, 0.4) is 0 Å². The van der Waals surface area contributed by atoms with Gasteiger partial charge in [-0.05, 0) is 124 Å². The second-order valence-corrected chi connectivity index (χ2v) is 15.4. The number of anilines is 1. The molecule has 2 saturated carbocycles. The molecule has 1 heterocycles. The van der Waals surface area contributed by atoms with Gasteiger partial charge < -0.3 is 19.5 Å². The first-order valence-corrected chi connectivity index (χ1v) is 17.8. The van der Waals surface area contributed by atoms with E-state index in [1.54, 1.807) is 7.11 Å². The summed E-state index contributed by atoms with van der Waals surface area (Å²) in [5.74, 6) is 0.989. The number of aromatic nitrogens is 2. The van der Waals surface area contributed by atoms with Crippen LogP contribution >= 0.6 is 0 Å². The molecular formula is C40H55N3O5. The van der Waals surface area contributed by atoms with Crippen molar-refractivity contribution >= 4 is 17.6 Å². The Morgan fingerprint density at radius 2 is 1.69 bits per heavy atom. The van der Waals surface area contributed by atoms with Gasteiger partial charge in [-0.2, -0.15) is 5.10 Å². The third kappa shape index (κ3) is 8.49. The zero-order valence-electron chi connectivity index (χ0n) is 29.9. The van der Waals surface area contributed by atoms with E-state index in [-0.39, 0.29) is 24.0 Å². The topological polar surface area (TPSA) is 93.9 Å². The van der Waals surface area contributed by atoms with Crippen LogP contribution in [0.4, 0.5) is 5.69 Å². The number of carbonyl (C=O) groups is 2. The normalized spacial score (nSPS) is 22.3. The molecule has 2 aliphatic rings. The maximum Gasteiger partial charge on any atom is 0.333 e. The Balaban J connectivity index is 1.32. The average Bonchev–Trinajstić information content (AvgIpc) is 3.57. The average molecular weight is 658 g/mol. The van der Waals surface area contributed by atoms with Gasteiger partial charge in [-0.25, -0.2) is 4.79 Å². The molecule has 1 N–H and O–H groups in total. The van der Waals surface area contributed by atoms with Crippen molar-refractivity contribution in [2.75, 3.05) is 18.6 Å². The van der Waals surface area contributed by atoms with Gasteiger partial charge >= 0.3 is 5.97 Å². The van der Waals surface area contributed by atoms with Gasteiger partial charge in [0.2, 0.25) is 5.91 Å². The van der Waals surface area contributed by atoms with Gasteiger partial charge in [-0.3, -0.25) is 9.48 Å². The van der Waals surface area contributed by atoms with E-state index in [4.69, 9.17) is 9.47 Å². The van der Waals surface area contributed by atoms with Gasteiger partial charge in [0.15, 0.2) is 6.10 Å². The summed E-state index contributed by atoms with van der Waals surface area (Å²) in [6.07, 6.45) is 10.1. The minimum atomic E-state index is -0.928. The summed E-state index contributed by atoms with van der Waals surface area (Å²) in [5, 5.41) is 14.3. The molecule has 3 aromatic rings. The van der Waals surface area contributed by atoms with Crippen LogP contribution in [-0.2, 0) is 14.3 Å². The van der Waals surface area contributed by atoms with Crippen molar-refractivity contribution in [1.29, 1.82) is 0 Å². The van der Waals surface area contributed by atoms with E-state index in [9.17, 15) is 14.7 Å². The molecule has 2 aliphatic carbocycles. The molecule has 8 heteroatoms. The molecule has 0 spiro atoms. The monoisotopic (exact) mass is 657 g/mol. The molecule has 5 rings (SSSR count). The van der Waals surface area contributed by atoms with E-state index in [1.807, 2.05) is 37.7 Å². The molecule has 1 aromatic heterocycles. The second kappa shape index (κ2) is 15.3. The van der Waals surface area contributed by atoms with Crippen molar-refractivity contribution in [3.63, 3.8) is 0 Å². The van der Waals surface area contributed by atoms with Crippen LogP contribution < -0.4 is 9.64 Å². The molecule has 1 amide bonds. The van der Waals surface area contributed by atoms with Crippen molar-refractivity contribution in [3.8, 4) is 16.9 Å². The fraction of sp³-hybridized carbons (Fsp3) is 0.575. The summed E-state index contributed by atoms with van der Waals surface area (Å²) >= 11 is 0. The molecule has 260 valence electrons. The first kappa shape index (κ1) is 35.7. The van der Waals surface area contributed by atoms with Gasteiger partial charge in [0.1, 0.15) is 5.75 Å². The first-order valence-electron chi connectivity index (χ1n) is 17.8. The van der Waals surface area contributed by atoms with Crippen LogP contribution in [0.1, 0.15) is 109 Å². The van der Waals surface area contributed by atoms with E-state index in [0.29, 0.717) is 44.1 Å². The minimum Gasteiger partial charge on any atom is -0.496 e. The summed E-state index contributed by atoms with van der Waals surface area (Å²) in [6, 6.07) is 15.2. The molecule has 1 unspecified atom stereocenters. The number of rotatable bonds is 11. The minimum absolute atomic E-state index is 0.117. The lowest BCUT2D eigenvalue weighted by molar-refractivity contribution is -0.166. The summed E-state index contributed by atoms with van der Waals surface area (Å²) in [4.78, 5) is 28.4. The summed E-state index contributed by atoms with van der Waals surface area (Å²) < 4.78 is 13.6. The van der Waals surface area contributed by atoms with E-state index in [1.165, 1.54) is 11.1 Å². The number of hydrogen-bond donors (Lipinski definition) is 1. The highest BCUT2D eigenvalue weighted by atomic mass is 16.5. The quantitative estimate of drug-likeness (QED) is 0.222. The van der Waals surface area contributed by atoms with Crippen LogP contribution in [-0.4, -0.2) is 52.6 Å². The van der Waals surface area contributed by atoms with Crippen LogP contribution in [0.5, 0.6) is 5.75 Å². The zero-order valence-corrected chi connectivity index (χ0v) is 29.9. The van der Waals surface area contributed by atoms with Crippen LogP contribution in [0, 0.1) is 24.2 Å².